The van der Waals surface area contributed by atoms with Gasteiger partial charge in [0.15, 0.2) is 0 Å². The molecule has 0 aromatic carbocycles. The lowest BCUT2D eigenvalue weighted by molar-refractivity contribution is -0.151. The average Bonchev–Trinajstić information content (AvgIpc) is 2.11. The molecular formula is C8H2O7. The highest BCUT2D eigenvalue weighted by Gasteiger charge is 2.04. The third kappa shape index (κ3) is 7.56. The lowest BCUT2D eigenvalue weighted by Crippen LogP contribution is -2.09. The molecule has 0 aliphatic carbocycles. The number of hydrogen-bond donors (Lipinski definition) is 2. The van der Waals surface area contributed by atoms with Gasteiger partial charge in [-0.2, -0.15) is 0 Å². The van der Waals surface area contributed by atoms with Gasteiger partial charge >= 0.3 is 23.9 Å². The van der Waals surface area contributed by atoms with Crippen molar-refractivity contribution in [2.75, 3.05) is 0 Å². The molecule has 0 aromatic rings. The normalized spacial score (nSPS) is 7.20. The fourth-order valence-electron chi connectivity index (χ4n) is 0.344. The number of carbonyl (C=O) groups excluding carboxylic acids is 2. The number of carbonyl (C=O) groups is 4. The summed E-state index contributed by atoms with van der Waals surface area (Å²) in [6, 6.07) is 0. The molecule has 7 heteroatoms. The lowest BCUT2D eigenvalue weighted by atomic mass is 10.5. The van der Waals surface area contributed by atoms with Gasteiger partial charge in [-0.05, 0) is 0 Å². The number of hydrogen-bond acceptors (Lipinski definition) is 5. The molecule has 0 spiro atoms. The van der Waals surface area contributed by atoms with Crippen LogP contribution in [0.15, 0.2) is 0 Å². The standard InChI is InChI=1S/C8H2O7/c9-5(10)1-3-7(13)15-8(14)4-2-6(11)12/h(H,9,10)(H,11,12). The molecule has 15 heavy (non-hydrogen) atoms. The minimum atomic E-state index is -1.57. The summed E-state index contributed by atoms with van der Waals surface area (Å²) < 4.78 is 3.80. The summed E-state index contributed by atoms with van der Waals surface area (Å²) >= 11 is 0. The summed E-state index contributed by atoms with van der Waals surface area (Å²) in [5.74, 6) is -0.314. The summed E-state index contributed by atoms with van der Waals surface area (Å²) in [6.07, 6.45) is 0. The number of rotatable bonds is 0. The first-order valence-corrected chi connectivity index (χ1v) is 3.17. The van der Waals surface area contributed by atoms with Gasteiger partial charge in [0.1, 0.15) is 0 Å². The van der Waals surface area contributed by atoms with Crippen LogP contribution in [-0.4, -0.2) is 34.1 Å². The van der Waals surface area contributed by atoms with Crippen LogP contribution in [0.4, 0.5) is 0 Å². The van der Waals surface area contributed by atoms with Gasteiger partial charge < -0.3 is 14.9 Å². The second-order valence-corrected chi connectivity index (χ2v) is 1.79. The maximum absolute atomic E-state index is 10.5. The van der Waals surface area contributed by atoms with E-state index >= 15 is 0 Å². The largest absolute Gasteiger partial charge is 0.472 e. The van der Waals surface area contributed by atoms with Crippen molar-refractivity contribution in [3.05, 3.63) is 0 Å². The zero-order valence-corrected chi connectivity index (χ0v) is 6.94. The van der Waals surface area contributed by atoms with Crippen molar-refractivity contribution in [1.29, 1.82) is 0 Å². The van der Waals surface area contributed by atoms with E-state index in [0.29, 0.717) is 0 Å². The quantitative estimate of drug-likeness (QED) is 0.210. The zero-order valence-electron chi connectivity index (χ0n) is 6.94. The van der Waals surface area contributed by atoms with Gasteiger partial charge in [0.2, 0.25) is 0 Å². The van der Waals surface area contributed by atoms with Crippen LogP contribution >= 0.6 is 0 Å². The maximum atomic E-state index is 10.5. The van der Waals surface area contributed by atoms with Crippen LogP contribution in [0.1, 0.15) is 0 Å². The minimum Gasteiger partial charge on any atom is -0.472 e. The van der Waals surface area contributed by atoms with Crippen LogP contribution in [0.2, 0.25) is 0 Å². The van der Waals surface area contributed by atoms with Gasteiger partial charge in [-0.15, -0.1) is 0 Å². The predicted octanol–water partition coefficient (Wildman–Crippen LogP) is -1.77. The Morgan fingerprint density at radius 2 is 1.07 bits per heavy atom. The van der Waals surface area contributed by atoms with Crippen molar-refractivity contribution < 1.29 is 34.1 Å². The van der Waals surface area contributed by atoms with Crippen molar-refractivity contribution in [2.45, 2.75) is 0 Å². The summed E-state index contributed by atoms with van der Waals surface area (Å²) in [5, 5.41) is 16.0. The lowest BCUT2D eigenvalue weighted by Gasteiger charge is -1.87. The van der Waals surface area contributed by atoms with Crippen LogP contribution < -0.4 is 0 Å². The summed E-state index contributed by atoms with van der Waals surface area (Å²) in [7, 11) is 0. The molecule has 0 radical (unpaired) electrons. The maximum Gasteiger partial charge on any atom is 0.393 e. The molecule has 0 amide bonds. The monoisotopic (exact) mass is 210 g/mol. The fraction of sp³-hybridized carbons (Fsp3) is 0. The van der Waals surface area contributed by atoms with Crippen LogP contribution in [0, 0.1) is 23.7 Å². The Balaban J connectivity index is 4.30. The van der Waals surface area contributed by atoms with E-state index in [9.17, 15) is 19.2 Å². The smallest absolute Gasteiger partial charge is 0.393 e. The molecule has 0 aliphatic heterocycles. The number of aliphatic carboxylic acids is 2. The first kappa shape index (κ1) is 12.2. The molecule has 0 heterocycles. The Morgan fingerprint density at radius 1 is 0.733 bits per heavy atom. The van der Waals surface area contributed by atoms with Crippen molar-refractivity contribution in [2.24, 2.45) is 0 Å². The third-order valence-electron chi connectivity index (χ3n) is 0.728. The molecule has 0 unspecified atom stereocenters. The predicted molar refractivity (Wildman–Crippen MR) is 41.9 cm³/mol. The fourth-order valence-corrected chi connectivity index (χ4v) is 0.344. The van der Waals surface area contributed by atoms with Crippen molar-refractivity contribution in [3.63, 3.8) is 0 Å². The van der Waals surface area contributed by atoms with Gasteiger partial charge in [-0.25, -0.2) is 19.2 Å². The zero-order chi connectivity index (χ0) is 11.8. The van der Waals surface area contributed by atoms with Crippen molar-refractivity contribution in [1.82, 2.24) is 0 Å². The van der Waals surface area contributed by atoms with Gasteiger partial charge in [0, 0.05) is 23.7 Å². The van der Waals surface area contributed by atoms with E-state index in [1.807, 2.05) is 0 Å². The Morgan fingerprint density at radius 3 is 1.33 bits per heavy atom. The second-order valence-electron chi connectivity index (χ2n) is 1.79. The van der Waals surface area contributed by atoms with E-state index < -0.39 is 23.9 Å². The molecule has 0 fully saturated rings. The van der Waals surface area contributed by atoms with Gasteiger partial charge in [-0.1, -0.05) is 0 Å². The molecule has 0 saturated carbocycles. The van der Waals surface area contributed by atoms with E-state index in [1.165, 1.54) is 23.7 Å². The highest BCUT2D eigenvalue weighted by molar-refractivity contribution is 6.06. The van der Waals surface area contributed by atoms with Gasteiger partial charge in [0.05, 0.1) is 0 Å². The highest BCUT2D eigenvalue weighted by Crippen LogP contribution is 1.78. The molecule has 0 atom stereocenters. The minimum absolute atomic E-state index is 1.39. The molecular weight excluding hydrogens is 208 g/mol. The van der Waals surface area contributed by atoms with Gasteiger partial charge in [0.25, 0.3) is 0 Å². The highest BCUT2D eigenvalue weighted by atomic mass is 16.6. The molecule has 0 bridgehead atoms. The number of carboxylic acid groups (broad SMARTS) is 2. The number of ether oxygens (including phenoxy) is 1. The summed E-state index contributed by atoms with van der Waals surface area (Å²) in [6.45, 7) is 0. The van der Waals surface area contributed by atoms with Crippen LogP contribution in [0.3, 0.4) is 0 Å². The van der Waals surface area contributed by atoms with Crippen LogP contribution in [0.5, 0.6) is 0 Å². The van der Waals surface area contributed by atoms with Crippen LogP contribution in [-0.2, 0) is 23.9 Å². The number of carboxylic acids is 2. The third-order valence-corrected chi connectivity index (χ3v) is 0.728. The van der Waals surface area contributed by atoms with E-state index in [-0.39, 0.29) is 0 Å². The van der Waals surface area contributed by atoms with E-state index in [2.05, 4.69) is 4.74 Å². The Labute approximate surface area is 82.6 Å². The van der Waals surface area contributed by atoms with Crippen molar-refractivity contribution in [3.8, 4) is 23.7 Å². The van der Waals surface area contributed by atoms with Crippen LogP contribution in [0.25, 0.3) is 0 Å². The van der Waals surface area contributed by atoms with Crippen molar-refractivity contribution >= 4 is 23.9 Å². The first-order chi connectivity index (χ1) is 6.91. The molecule has 0 rings (SSSR count). The molecule has 76 valence electrons. The summed E-state index contributed by atoms with van der Waals surface area (Å²) in [4.78, 5) is 40.7. The van der Waals surface area contributed by atoms with Gasteiger partial charge in [-0.3, -0.25) is 0 Å². The molecule has 2 N–H and O–H groups in total. The Bertz CT molecular complexity index is 395. The molecule has 0 aliphatic rings. The van der Waals surface area contributed by atoms with E-state index in [0.717, 1.165) is 0 Å². The SMILES string of the molecule is O=C(O)C#CC(=O)OC(=O)C#CC(=O)O. The number of esters is 2. The Kier molecular flexibility index (Phi) is 4.70. The van der Waals surface area contributed by atoms with E-state index in [4.69, 9.17) is 10.2 Å². The molecule has 0 aromatic heterocycles. The Hall–Kier alpha value is -2.80. The molecule has 0 saturated heterocycles. The topological polar surface area (TPSA) is 118 Å². The van der Waals surface area contributed by atoms with E-state index in [1.54, 1.807) is 0 Å². The average molecular weight is 210 g/mol. The second kappa shape index (κ2) is 5.78. The summed E-state index contributed by atoms with van der Waals surface area (Å²) in [5.41, 5.74) is 0. The first-order valence-electron chi connectivity index (χ1n) is 3.17. The molecule has 7 nitrogen and oxygen atoms in total.